The molecule has 0 amide bonds. The zero-order valence-electron chi connectivity index (χ0n) is 15.7. The van der Waals surface area contributed by atoms with Gasteiger partial charge in [-0.2, -0.15) is 11.3 Å². The van der Waals surface area contributed by atoms with Gasteiger partial charge in [0, 0.05) is 30.1 Å². The Morgan fingerprint density at radius 2 is 2.21 bits per heavy atom. The highest BCUT2D eigenvalue weighted by atomic mass is 32.1. The average molecular weight is 412 g/mol. The molecule has 2 heterocycles. The molecule has 2 aromatic heterocycles. The second kappa shape index (κ2) is 9.17. The quantitative estimate of drug-likeness (QED) is 0.573. The first kappa shape index (κ1) is 19.6. The summed E-state index contributed by atoms with van der Waals surface area (Å²) >= 11 is 1.66. The Morgan fingerprint density at radius 3 is 3.07 bits per heavy atom. The molecule has 150 valence electrons. The Kier molecular flexibility index (Phi) is 6.19. The smallest absolute Gasteiger partial charge is 0.170 e. The number of thiophene rings is 1. The number of aromatic nitrogens is 1. The van der Waals surface area contributed by atoms with E-state index in [0.717, 1.165) is 17.5 Å². The molecule has 1 aromatic carbocycles. The van der Waals surface area contributed by atoms with Gasteiger partial charge in [0.05, 0.1) is 0 Å². The van der Waals surface area contributed by atoms with E-state index < -0.39 is 6.10 Å². The van der Waals surface area contributed by atoms with Gasteiger partial charge in [0.25, 0.3) is 0 Å². The fraction of sp³-hybridized carbons (Fsp3) is 0.227. The van der Waals surface area contributed by atoms with E-state index >= 15 is 0 Å². The molecular formula is C22H21FN2O3S. The van der Waals surface area contributed by atoms with E-state index in [1.165, 1.54) is 17.7 Å². The molecule has 7 heteroatoms. The van der Waals surface area contributed by atoms with Crippen LogP contribution >= 0.6 is 11.3 Å². The highest BCUT2D eigenvalue weighted by Gasteiger charge is 2.13. The zero-order valence-corrected chi connectivity index (χ0v) is 16.5. The molecule has 1 aliphatic carbocycles. The number of allylic oxidation sites excluding steroid dienone is 5. The Morgan fingerprint density at radius 1 is 1.28 bits per heavy atom. The molecule has 0 saturated carbocycles. The molecule has 1 atom stereocenters. The molecule has 0 bridgehead atoms. The Labute approximate surface area is 171 Å². The fourth-order valence-corrected chi connectivity index (χ4v) is 3.71. The van der Waals surface area contributed by atoms with Crippen LogP contribution in [0.1, 0.15) is 17.7 Å². The highest BCUT2D eigenvalue weighted by Crippen LogP contribution is 2.28. The lowest BCUT2D eigenvalue weighted by atomic mass is 10.1. The van der Waals surface area contributed by atoms with Gasteiger partial charge >= 0.3 is 0 Å². The Balaban J connectivity index is 1.30. The summed E-state index contributed by atoms with van der Waals surface area (Å²) in [5, 5.41) is 22.3. The number of ether oxygens (including phenoxy) is 1. The molecule has 5 nitrogen and oxygen atoms in total. The minimum Gasteiger partial charge on any atom is -0.491 e. The fourth-order valence-electron chi connectivity index (χ4n) is 3.04. The van der Waals surface area contributed by atoms with Crippen molar-refractivity contribution in [1.29, 1.82) is 0 Å². The van der Waals surface area contributed by atoms with E-state index in [2.05, 4.69) is 21.9 Å². The van der Waals surface area contributed by atoms with Crippen molar-refractivity contribution in [3.05, 3.63) is 82.2 Å². The van der Waals surface area contributed by atoms with Gasteiger partial charge in [-0.1, -0.05) is 11.2 Å². The second-order valence-corrected chi connectivity index (χ2v) is 7.51. The number of aliphatic hydroxyl groups excluding tert-OH is 1. The maximum atomic E-state index is 13.3. The van der Waals surface area contributed by atoms with E-state index in [9.17, 15) is 9.50 Å². The monoisotopic (exact) mass is 412 g/mol. The van der Waals surface area contributed by atoms with E-state index in [-0.39, 0.29) is 12.4 Å². The first-order valence-electron chi connectivity index (χ1n) is 9.35. The number of benzene rings is 1. The lowest BCUT2D eigenvalue weighted by Crippen LogP contribution is -2.29. The van der Waals surface area contributed by atoms with Crippen LogP contribution in [0.5, 0.6) is 0 Å². The first-order chi connectivity index (χ1) is 14.2. The van der Waals surface area contributed by atoms with E-state index in [4.69, 9.17) is 9.26 Å². The number of hydrogen-bond acceptors (Lipinski definition) is 6. The van der Waals surface area contributed by atoms with E-state index in [1.54, 1.807) is 17.4 Å². The van der Waals surface area contributed by atoms with Gasteiger partial charge in [0.1, 0.15) is 30.0 Å². The van der Waals surface area contributed by atoms with Gasteiger partial charge in [0.2, 0.25) is 0 Å². The predicted octanol–water partition coefficient (Wildman–Crippen LogP) is 4.42. The van der Waals surface area contributed by atoms with Crippen LogP contribution in [0.25, 0.3) is 16.5 Å². The lowest BCUT2D eigenvalue weighted by molar-refractivity contribution is 0.0749. The van der Waals surface area contributed by atoms with Crippen molar-refractivity contribution in [3.63, 3.8) is 0 Å². The van der Waals surface area contributed by atoms with Gasteiger partial charge < -0.3 is 19.7 Å². The number of hydrogen-bond donors (Lipinski definition) is 2. The third kappa shape index (κ3) is 5.00. The minimum absolute atomic E-state index is 0.203. The SMILES string of the molecule is OC(CNCc1ccsc1)COC1=CCC=C(c2noc3cc(F)ccc23)C=C1. The molecule has 0 saturated heterocycles. The molecule has 29 heavy (non-hydrogen) atoms. The molecule has 2 N–H and O–H groups in total. The summed E-state index contributed by atoms with van der Waals surface area (Å²) in [5.41, 5.74) is 3.17. The third-order valence-electron chi connectivity index (χ3n) is 4.52. The molecule has 0 aliphatic heterocycles. The average Bonchev–Trinajstić information content (AvgIpc) is 3.31. The summed E-state index contributed by atoms with van der Waals surface area (Å²) in [4.78, 5) is 0. The third-order valence-corrected chi connectivity index (χ3v) is 5.26. The van der Waals surface area contributed by atoms with Crippen LogP contribution in [0, 0.1) is 5.82 Å². The van der Waals surface area contributed by atoms with Crippen molar-refractivity contribution in [2.24, 2.45) is 0 Å². The van der Waals surface area contributed by atoms with Crippen molar-refractivity contribution in [2.45, 2.75) is 19.1 Å². The van der Waals surface area contributed by atoms with E-state index in [1.807, 2.05) is 29.7 Å². The lowest BCUT2D eigenvalue weighted by Gasteiger charge is -2.13. The molecule has 1 aliphatic rings. The Bertz CT molecular complexity index is 1050. The summed E-state index contributed by atoms with van der Waals surface area (Å²) in [6, 6.07) is 6.44. The van der Waals surface area contributed by atoms with Gasteiger partial charge in [-0.3, -0.25) is 0 Å². The number of aliphatic hydroxyl groups is 1. The van der Waals surface area contributed by atoms with E-state index in [0.29, 0.717) is 30.0 Å². The molecule has 0 spiro atoms. The van der Waals surface area contributed by atoms with Crippen LogP contribution in [-0.4, -0.2) is 29.5 Å². The summed E-state index contributed by atoms with van der Waals surface area (Å²) in [7, 11) is 0. The molecule has 0 radical (unpaired) electrons. The zero-order chi connectivity index (χ0) is 20.1. The molecule has 3 aromatic rings. The van der Waals surface area contributed by atoms with Crippen LogP contribution in [0.3, 0.4) is 0 Å². The van der Waals surface area contributed by atoms with Gasteiger partial charge in [-0.25, -0.2) is 4.39 Å². The highest BCUT2D eigenvalue weighted by molar-refractivity contribution is 7.07. The van der Waals surface area contributed by atoms with Crippen molar-refractivity contribution in [3.8, 4) is 0 Å². The minimum atomic E-state index is -0.604. The largest absolute Gasteiger partial charge is 0.491 e. The van der Waals surface area contributed by atoms with Crippen molar-refractivity contribution in [1.82, 2.24) is 10.5 Å². The summed E-state index contributed by atoms with van der Waals surface area (Å²) in [6.45, 7) is 1.39. The molecule has 4 rings (SSSR count). The number of rotatable bonds is 8. The van der Waals surface area contributed by atoms with Crippen LogP contribution in [-0.2, 0) is 11.3 Å². The van der Waals surface area contributed by atoms with Crippen LogP contribution in [0.15, 0.2) is 69.6 Å². The van der Waals surface area contributed by atoms with Gasteiger partial charge in [0.15, 0.2) is 5.58 Å². The second-order valence-electron chi connectivity index (χ2n) is 6.73. The number of fused-ring (bicyclic) bond motifs is 1. The topological polar surface area (TPSA) is 67.5 Å². The van der Waals surface area contributed by atoms with Gasteiger partial charge in [-0.05, 0) is 59.2 Å². The number of halogens is 1. The number of nitrogens with zero attached hydrogens (tertiary/aromatic N) is 1. The summed E-state index contributed by atoms with van der Waals surface area (Å²) in [5.74, 6) is 0.332. The van der Waals surface area contributed by atoms with Crippen molar-refractivity contribution >= 4 is 27.9 Å². The Hall–Kier alpha value is -2.74. The maximum Gasteiger partial charge on any atom is 0.170 e. The van der Waals surface area contributed by atoms with Crippen LogP contribution in [0.2, 0.25) is 0 Å². The molecular weight excluding hydrogens is 391 g/mol. The van der Waals surface area contributed by atoms with Crippen molar-refractivity contribution in [2.75, 3.05) is 13.2 Å². The first-order valence-corrected chi connectivity index (χ1v) is 10.3. The van der Waals surface area contributed by atoms with Crippen LogP contribution in [0.4, 0.5) is 4.39 Å². The van der Waals surface area contributed by atoms with Gasteiger partial charge in [-0.15, -0.1) is 0 Å². The van der Waals surface area contributed by atoms with Crippen molar-refractivity contribution < 1.29 is 18.8 Å². The number of nitrogens with one attached hydrogen (secondary N) is 1. The maximum absolute atomic E-state index is 13.3. The summed E-state index contributed by atoms with van der Waals surface area (Å²) < 4.78 is 24.3. The molecule has 1 unspecified atom stereocenters. The predicted molar refractivity (Wildman–Crippen MR) is 112 cm³/mol. The standard InChI is InChI=1S/C22H21FN2O3S/c23-17-5-7-20-21(10-17)28-25-22(20)16-2-1-3-19(6-4-16)27-13-18(26)12-24-11-15-8-9-29-14-15/h2-10,14,18,24,26H,1,11-13H2. The molecule has 0 fully saturated rings. The summed E-state index contributed by atoms with van der Waals surface area (Å²) in [6.07, 6.45) is 7.73. The van der Waals surface area contributed by atoms with Crippen LogP contribution < -0.4 is 5.32 Å². The normalized spacial score (nSPS) is 15.1.